The van der Waals surface area contributed by atoms with Crippen LogP contribution >= 0.6 is 22.7 Å². The fourth-order valence-corrected chi connectivity index (χ4v) is 3.21. The van der Waals surface area contributed by atoms with Crippen LogP contribution in [0.5, 0.6) is 0 Å². The number of aromatic nitrogens is 2. The quantitative estimate of drug-likeness (QED) is 0.587. The van der Waals surface area contributed by atoms with E-state index in [0.717, 1.165) is 27.3 Å². The molecule has 0 atom stereocenters. The van der Waals surface area contributed by atoms with Crippen LogP contribution in [0.15, 0.2) is 35.0 Å². The van der Waals surface area contributed by atoms with Gasteiger partial charge in [-0.2, -0.15) is 5.10 Å². The van der Waals surface area contributed by atoms with Gasteiger partial charge >= 0.3 is 0 Å². The van der Waals surface area contributed by atoms with Crippen LogP contribution in [0.1, 0.15) is 16.7 Å². The minimum Gasteiger partial charge on any atom is -0.261 e. The zero-order valence-corrected chi connectivity index (χ0v) is 12.0. The molecule has 0 aliphatic carbocycles. The average Bonchev–Trinajstić information content (AvgIpc) is 3.07. The molecule has 1 N–H and O–H groups in total. The lowest BCUT2D eigenvalue weighted by Gasteiger charge is -1.99. The molecule has 0 aliphatic heterocycles. The Hall–Kier alpha value is -1.79. The summed E-state index contributed by atoms with van der Waals surface area (Å²) in [7, 11) is 0. The monoisotopic (exact) mass is 288 g/mol. The Kier molecular flexibility index (Phi) is 3.52. The summed E-state index contributed by atoms with van der Waals surface area (Å²) in [6.45, 7) is 2.14. The van der Waals surface area contributed by atoms with Gasteiger partial charge in [-0.1, -0.05) is 13.0 Å². The molecule has 0 aliphatic rings. The Morgan fingerprint density at radius 1 is 1.42 bits per heavy atom. The number of hydrazone groups is 1. The molecule has 0 radical (unpaired) electrons. The summed E-state index contributed by atoms with van der Waals surface area (Å²) in [6.07, 6.45) is 4.38. The molecular weight excluding hydrogens is 276 g/mol. The molecule has 19 heavy (non-hydrogen) atoms. The maximum absolute atomic E-state index is 4.29. The smallest absolute Gasteiger partial charge is 0.158 e. The van der Waals surface area contributed by atoms with Crippen molar-refractivity contribution in [1.82, 2.24) is 9.97 Å². The molecule has 0 bridgehead atoms. The van der Waals surface area contributed by atoms with Crippen LogP contribution in [-0.2, 0) is 6.42 Å². The van der Waals surface area contributed by atoms with Gasteiger partial charge in [0.1, 0.15) is 11.2 Å². The van der Waals surface area contributed by atoms with E-state index in [2.05, 4.69) is 33.5 Å². The molecule has 96 valence electrons. The van der Waals surface area contributed by atoms with E-state index < -0.39 is 0 Å². The molecule has 6 heteroatoms. The van der Waals surface area contributed by atoms with Crippen LogP contribution in [0.2, 0.25) is 0 Å². The van der Waals surface area contributed by atoms with Gasteiger partial charge in [0.05, 0.1) is 11.6 Å². The van der Waals surface area contributed by atoms with E-state index in [1.807, 2.05) is 17.5 Å². The fraction of sp³-hybridized carbons (Fsp3) is 0.154. The number of nitrogens with one attached hydrogen (secondary N) is 1. The first-order valence-electron chi connectivity index (χ1n) is 5.93. The normalized spacial score (nSPS) is 11.4. The van der Waals surface area contributed by atoms with E-state index in [9.17, 15) is 0 Å². The molecule has 0 unspecified atom stereocenters. The van der Waals surface area contributed by atoms with Gasteiger partial charge in [-0.15, -0.1) is 22.7 Å². The van der Waals surface area contributed by atoms with Crippen LogP contribution in [0, 0.1) is 0 Å². The third kappa shape index (κ3) is 2.64. The first kappa shape index (κ1) is 12.3. The number of hydrogen-bond donors (Lipinski definition) is 1. The Bertz CT molecular complexity index is 701. The molecule has 0 aromatic carbocycles. The third-order valence-corrected chi connectivity index (χ3v) is 4.63. The molecule has 0 fully saturated rings. The first-order chi connectivity index (χ1) is 9.36. The number of aryl methyl sites for hydroxylation is 1. The van der Waals surface area contributed by atoms with Gasteiger partial charge in [-0.3, -0.25) is 5.43 Å². The largest absolute Gasteiger partial charge is 0.261 e. The highest BCUT2D eigenvalue weighted by molar-refractivity contribution is 7.18. The van der Waals surface area contributed by atoms with Gasteiger partial charge < -0.3 is 0 Å². The Morgan fingerprint density at radius 3 is 3.16 bits per heavy atom. The summed E-state index contributed by atoms with van der Waals surface area (Å²) in [4.78, 5) is 11.9. The van der Waals surface area contributed by atoms with E-state index in [-0.39, 0.29) is 0 Å². The van der Waals surface area contributed by atoms with Gasteiger partial charge in [0.25, 0.3) is 0 Å². The number of hydrogen-bond acceptors (Lipinski definition) is 6. The van der Waals surface area contributed by atoms with E-state index >= 15 is 0 Å². The maximum atomic E-state index is 4.29. The summed E-state index contributed by atoms with van der Waals surface area (Å²) in [6, 6.07) is 6.15. The highest BCUT2D eigenvalue weighted by Crippen LogP contribution is 2.28. The second-order valence-electron chi connectivity index (χ2n) is 3.89. The van der Waals surface area contributed by atoms with E-state index in [1.165, 1.54) is 4.88 Å². The molecule has 3 heterocycles. The lowest BCUT2D eigenvalue weighted by atomic mass is 10.3. The second kappa shape index (κ2) is 5.46. The van der Waals surface area contributed by atoms with Crippen LogP contribution < -0.4 is 5.43 Å². The number of rotatable bonds is 4. The van der Waals surface area contributed by atoms with Crippen LogP contribution in [0.4, 0.5) is 5.82 Å². The average molecular weight is 288 g/mol. The lowest BCUT2D eigenvalue weighted by molar-refractivity contribution is 1.18. The van der Waals surface area contributed by atoms with Crippen molar-refractivity contribution >= 4 is 44.9 Å². The van der Waals surface area contributed by atoms with Crippen molar-refractivity contribution in [1.29, 1.82) is 0 Å². The van der Waals surface area contributed by atoms with Gasteiger partial charge in [0.15, 0.2) is 5.82 Å². The van der Waals surface area contributed by atoms with Crippen molar-refractivity contribution in [2.75, 3.05) is 5.43 Å². The first-order valence-corrected chi connectivity index (χ1v) is 7.62. The van der Waals surface area contributed by atoms with Crippen LogP contribution in [0.3, 0.4) is 0 Å². The zero-order valence-electron chi connectivity index (χ0n) is 10.3. The summed E-state index contributed by atoms with van der Waals surface area (Å²) >= 11 is 3.35. The van der Waals surface area contributed by atoms with E-state index in [1.54, 1.807) is 35.2 Å². The van der Waals surface area contributed by atoms with Crippen molar-refractivity contribution in [3.05, 3.63) is 39.7 Å². The van der Waals surface area contributed by atoms with E-state index in [0.29, 0.717) is 0 Å². The highest BCUT2D eigenvalue weighted by Gasteiger charge is 2.06. The number of anilines is 1. The molecular formula is C13H12N4S2. The summed E-state index contributed by atoms with van der Waals surface area (Å²) in [5.41, 5.74) is 3.00. The molecule has 0 amide bonds. The Balaban J connectivity index is 1.86. The SMILES string of the molecule is CCc1cc2c(N/N=C\c3cccs3)ncnc2s1. The van der Waals surface area contributed by atoms with Crippen molar-refractivity contribution < 1.29 is 0 Å². The third-order valence-electron chi connectivity index (χ3n) is 2.63. The van der Waals surface area contributed by atoms with Gasteiger partial charge in [-0.25, -0.2) is 9.97 Å². The van der Waals surface area contributed by atoms with E-state index in [4.69, 9.17) is 0 Å². The molecule has 3 aromatic rings. The van der Waals surface area contributed by atoms with Gasteiger partial charge in [0.2, 0.25) is 0 Å². The number of fused-ring (bicyclic) bond motifs is 1. The standard InChI is InChI=1S/C13H12N4S2/c1-2-9-6-11-12(14-8-15-13(11)19-9)17-16-7-10-4-3-5-18-10/h3-8H,2H2,1H3,(H,14,15,17)/b16-7-. The zero-order chi connectivity index (χ0) is 13.1. The summed E-state index contributed by atoms with van der Waals surface area (Å²) < 4.78 is 0. The number of nitrogens with zero attached hydrogens (tertiary/aromatic N) is 3. The highest BCUT2D eigenvalue weighted by atomic mass is 32.1. The molecule has 4 nitrogen and oxygen atoms in total. The minimum atomic E-state index is 0.758. The predicted octanol–water partition coefficient (Wildman–Crippen LogP) is 3.76. The lowest BCUT2D eigenvalue weighted by Crippen LogP contribution is -1.93. The molecule has 3 rings (SSSR count). The van der Waals surface area contributed by atoms with Gasteiger partial charge in [0, 0.05) is 9.75 Å². The molecule has 0 spiro atoms. The topological polar surface area (TPSA) is 50.2 Å². The van der Waals surface area contributed by atoms with Gasteiger partial charge in [-0.05, 0) is 23.9 Å². The Labute approximate surface area is 118 Å². The van der Waals surface area contributed by atoms with Crippen LogP contribution in [0.25, 0.3) is 10.2 Å². The Morgan fingerprint density at radius 2 is 2.37 bits per heavy atom. The van der Waals surface area contributed by atoms with Crippen molar-refractivity contribution in [2.24, 2.45) is 5.10 Å². The number of thiophene rings is 2. The summed E-state index contributed by atoms with van der Waals surface area (Å²) in [5, 5.41) is 7.28. The second-order valence-corrected chi connectivity index (χ2v) is 5.99. The maximum Gasteiger partial charge on any atom is 0.158 e. The summed E-state index contributed by atoms with van der Waals surface area (Å²) in [5.74, 6) is 0.758. The fourth-order valence-electron chi connectivity index (χ4n) is 1.69. The molecule has 0 saturated heterocycles. The van der Waals surface area contributed by atoms with Crippen molar-refractivity contribution in [3.63, 3.8) is 0 Å². The molecule has 0 saturated carbocycles. The van der Waals surface area contributed by atoms with Crippen LogP contribution in [-0.4, -0.2) is 16.2 Å². The minimum absolute atomic E-state index is 0.758. The van der Waals surface area contributed by atoms with Crippen molar-refractivity contribution in [2.45, 2.75) is 13.3 Å². The predicted molar refractivity (Wildman–Crippen MR) is 82.3 cm³/mol. The van der Waals surface area contributed by atoms with Crippen molar-refractivity contribution in [3.8, 4) is 0 Å². The molecule has 3 aromatic heterocycles.